The van der Waals surface area contributed by atoms with Gasteiger partial charge in [0.1, 0.15) is 11.2 Å². The summed E-state index contributed by atoms with van der Waals surface area (Å²) in [6.45, 7) is 0. The highest BCUT2D eigenvalue weighted by Crippen LogP contribution is 2.49. The summed E-state index contributed by atoms with van der Waals surface area (Å²) in [5, 5.41) is 1.89. The van der Waals surface area contributed by atoms with Crippen LogP contribution in [0.1, 0.15) is 21.9 Å². The second-order valence-corrected chi connectivity index (χ2v) is 10.4. The molecule has 0 amide bonds. The van der Waals surface area contributed by atoms with Crippen LogP contribution in [0.25, 0.3) is 88.0 Å². The molecule has 1 aromatic heterocycles. The molecule has 0 N–H and O–H groups in total. The van der Waals surface area contributed by atoms with Gasteiger partial charge >= 0.3 is 0 Å². The van der Waals surface area contributed by atoms with E-state index in [4.69, 9.17) is 20.9 Å². The Morgan fingerprint density at radius 1 is 0.378 bits per heavy atom. The molecule has 0 fully saturated rings. The number of benzene rings is 8. The standard InChI is InChI=1S/C44H28O/c1-3-14-29(15-4-1)31-18-13-19-32(28-31)41-33-20-7-9-22-35(33)43(36-23-10-8-21-34(36)41)38-26-27-40-44(37-24-11-12-25-39(37)45-40)42(38)30-16-5-2-6-17-30/h1-28H/i1D,2D,3D,4D,5D,6D,11D,12D,14D,15D,16D,17D,24D,25D,26D,27D. The molecule has 9 aromatic rings. The molecule has 0 aliphatic rings. The fourth-order valence-corrected chi connectivity index (χ4v) is 6.20. The lowest BCUT2D eigenvalue weighted by molar-refractivity contribution is 0.669. The largest absolute Gasteiger partial charge is 0.456 e. The van der Waals surface area contributed by atoms with Gasteiger partial charge in [-0.3, -0.25) is 0 Å². The lowest BCUT2D eigenvalue weighted by Crippen LogP contribution is -1.93. The molecule has 8 aromatic carbocycles. The quantitative estimate of drug-likeness (QED) is 0.186. The first-order valence-corrected chi connectivity index (χ1v) is 14.1. The van der Waals surface area contributed by atoms with Crippen molar-refractivity contribution in [3.8, 4) is 44.5 Å². The summed E-state index contributed by atoms with van der Waals surface area (Å²) in [6.07, 6.45) is 0. The van der Waals surface area contributed by atoms with Crippen molar-refractivity contribution in [2.45, 2.75) is 0 Å². The maximum Gasteiger partial charge on any atom is 0.136 e. The van der Waals surface area contributed by atoms with E-state index in [1.54, 1.807) is 54.6 Å². The summed E-state index contributed by atoms with van der Waals surface area (Å²) in [5.41, 5.74) is 0.763. The van der Waals surface area contributed by atoms with E-state index >= 15 is 0 Å². The van der Waals surface area contributed by atoms with Crippen molar-refractivity contribution in [3.63, 3.8) is 0 Å². The maximum atomic E-state index is 9.69. The van der Waals surface area contributed by atoms with Gasteiger partial charge in [-0.15, -0.1) is 0 Å². The molecule has 1 heteroatoms. The Kier molecular flexibility index (Phi) is 3.28. The third-order valence-corrected chi connectivity index (χ3v) is 8.01. The number of rotatable bonds is 4. The topological polar surface area (TPSA) is 13.1 Å². The minimum absolute atomic E-state index is 0.0155. The lowest BCUT2D eigenvalue weighted by atomic mass is 9.82. The van der Waals surface area contributed by atoms with Gasteiger partial charge in [-0.1, -0.05) is 145 Å². The number of hydrogen-bond donors (Lipinski definition) is 0. The Morgan fingerprint density at radius 3 is 1.64 bits per heavy atom. The van der Waals surface area contributed by atoms with Crippen molar-refractivity contribution in [3.05, 3.63) is 169 Å². The first-order chi connectivity index (χ1) is 29.0. The second-order valence-electron chi connectivity index (χ2n) is 10.4. The van der Waals surface area contributed by atoms with E-state index in [2.05, 4.69) is 0 Å². The number of furan rings is 1. The van der Waals surface area contributed by atoms with Crippen molar-refractivity contribution in [1.29, 1.82) is 0 Å². The normalized spacial score (nSPS) is 16.5. The molecule has 0 atom stereocenters. The maximum absolute atomic E-state index is 9.69. The molecule has 0 aliphatic carbocycles. The van der Waals surface area contributed by atoms with Crippen LogP contribution in [0.3, 0.4) is 0 Å². The van der Waals surface area contributed by atoms with Gasteiger partial charge < -0.3 is 4.42 Å². The molecule has 0 unspecified atom stereocenters. The Balaban J connectivity index is 1.49. The molecule has 0 spiro atoms. The van der Waals surface area contributed by atoms with Crippen LogP contribution in [-0.4, -0.2) is 0 Å². The molecular weight excluding hydrogens is 544 g/mol. The van der Waals surface area contributed by atoms with Crippen LogP contribution in [0.5, 0.6) is 0 Å². The molecule has 45 heavy (non-hydrogen) atoms. The van der Waals surface area contributed by atoms with Gasteiger partial charge in [0.15, 0.2) is 0 Å². The number of para-hydroxylation sites is 1. The van der Waals surface area contributed by atoms with E-state index in [-0.39, 0.29) is 56.3 Å². The highest BCUT2D eigenvalue weighted by Gasteiger charge is 2.22. The van der Waals surface area contributed by atoms with Gasteiger partial charge in [0.2, 0.25) is 0 Å². The van der Waals surface area contributed by atoms with Crippen LogP contribution in [0.15, 0.2) is 174 Å². The minimum atomic E-state index is -0.685. The molecule has 1 nitrogen and oxygen atoms in total. The molecule has 0 aliphatic heterocycles. The van der Waals surface area contributed by atoms with Crippen LogP contribution < -0.4 is 0 Å². The van der Waals surface area contributed by atoms with E-state index in [1.807, 2.05) is 18.2 Å². The Bertz CT molecular complexity index is 3330. The van der Waals surface area contributed by atoms with Crippen molar-refractivity contribution in [2.24, 2.45) is 0 Å². The molecule has 0 bridgehead atoms. The molecule has 9 rings (SSSR count). The highest BCUT2D eigenvalue weighted by molar-refractivity contribution is 6.25. The third-order valence-electron chi connectivity index (χ3n) is 8.01. The summed E-state index contributed by atoms with van der Waals surface area (Å²) in [5.74, 6) is 0. The lowest BCUT2D eigenvalue weighted by Gasteiger charge is -2.20. The summed E-state index contributed by atoms with van der Waals surface area (Å²) in [6, 6.07) is 12.4. The molecule has 0 saturated heterocycles. The summed E-state index contributed by atoms with van der Waals surface area (Å²) < 4.78 is 146. The Labute approximate surface area is 284 Å². The predicted molar refractivity (Wildman–Crippen MR) is 190 cm³/mol. The van der Waals surface area contributed by atoms with Crippen molar-refractivity contribution in [2.75, 3.05) is 0 Å². The average molecular weight is 589 g/mol. The molecule has 0 radical (unpaired) electrons. The smallest absolute Gasteiger partial charge is 0.136 e. The van der Waals surface area contributed by atoms with Crippen LogP contribution in [0.4, 0.5) is 0 Å². The molecule has 0 saturated carbocycles. The van der Waals surface area contributed by atoms with Gasteiger partial charge in [0, 0.05) is 16.3 Å². The average Bonchev–Trinajstić information content (AvgIpc) is 3.67. The zero-order valence-corrected chi connectivity index (χ0v) is 23.3. The fourth-order valence-electron chi connectivity index (χ4n) is 6.20. The van der Waals surface area contributed by atoms with Gasteiger partial charge in [-0.05, 0) is 84.7 Å². The molecule has 1 heterocycles. The van der Waals surface area contributed by atoms with E-state index < -0.39 is 84.6 Å². The first-order valence-electron chi connectivity index (χ1n) is 22.1. The first kappa shape index (κ1) is 14.2. The summed E-state index contributed by atoms with van der Waals surface area (Å²) >= 11 is 0. The van der Waals surface area contributed by atoms with Crippen molar-refractivity contribution in [1.82, 2.24) is 0 Å². The van der Waals surface area contributed by atoms with Gasteiger partial charge in [0.05, 0.1) is 21.9 Å². The van der Waals surface area contributed by atoms with Gasteiger partial charge in [0.25, 0.3) is 0 Å². The third kappa shape index (κ3) is 4.09. The predicted octanol–water partition coefficient (Wildman–Crippen LogP) is 12.6. The Hall–Kier alpha value is -5.92. The van der Waals surface area contributed by atoms with Crippen LogP contribution >= 0.6 is 0 Å². The zero-order valence-electron chi connectivity index (χ0n) is 39.3. The van der Waals surface area contributed by atoms with E-state index in [1.165, 1.54) is 0 Å². The highest BCUT2D eigenvalue weighted by atomic mass is 16.3. The summed E-state index contributed by atoms with van der Waals surface area (Å²) in [4.78, 5) is 0. The van der Waals surface area contributed by atoms with Crippen molar-refractivity contribution >= 4 is 43.5 Å². The minimum Gasteiger partial charge on any atom is -0.456 e. The van der Waals surface area contributed by atoms with Crippen LogP contribution in [0.2, 0.25) is 0 Å². The summed E-state index contributed by atoms with van der Waals surface area (Å²) in [7, 11) is 0. The molecular formula is C44H28O. The zero-order chi connectivity index (χ0) is 43.7. The molecule has 210 valence electrons. The second kappa shape index (κ2) is 10.4. The van der Waals surface area contributed by atoms with E-state index in [9.17, 15) is 5.48 Å². The van der Waals surface area contributed by atoms with Crippen LogP contribution in [-0.2, 0) is 0 Å². The monoisotopic (exact) mass is 588 g/mol. The van der Waals surface area contributed by atoms with E-state index in [0.717, 1.165) is 0 Å². The van der Waals surface area contributed by atoms with Crippen LogP contribution in [0, 0.1) is 0 Å². The Morgan fingerprint density at radius 2 is 0.956 bits per heavy atom. The van der Waals surface area contributed by atoms with E-state index in [0.29, 0.717) is 43.8 Å². The van der Waals surface area contributed by atoms with Crippen molar-refractivity contribution < 1.29 is 26.3 Å². The number of fused-ring (bicyclic) bond motifs is 5. The number of hydrogen-bond acceptors (Lipinski definition) is 1. The SMILES string of the molecule is [2H]c1c([2H])c([2H])c(-c2cccc(-c3c4ccccc4c(-c4c([2H])c([2H])c5oc6c([2H])c([2H])c([2H])c([2H])c6c5c4-c4c([2H])c([2H])c([2H])c([2H])c4[2H])c4ccccc34)c2)c([2H])c1[2H]. The van der Waals surface area contributed by atoms with Gasteiger partial charge in [-0.25, -0.2) is 0 Å². The van der Waals surface area contributed by atoms with Gasteiger partial charge in [-0.2, -0.15) is 0 Å². The fraction of sp³-hybridized carbons (Fsp3) is 0.